The molecular weight excluding hydrogens is 454 g/mol. The fourth-order valence-electron chi connectivity index (χ4n) is 3.05. The predicted octanol–water partition coefficient (Wildman–Crippen LogP) is 6.61. The third-order valence-electron chi connectivity index (χ3n) is 4.23. The summed E-state index contributed by atoms with van der Waals surface area (Å²) in [4.78, 5) is 21.5. The fraction of sp³-hybridized carbons (Fsp3) is 0.176. The van der Waals surface area contributed by atoms with E-state index in [1.807, 2.05) is 17.5 Å². The van der Waals surface area contributed by atoms with E-state index in [2.05, 4.69) is 16.4 Å². The summed E-state index contributed by atoms with van der Waals surface area (Å²) in [6.07, 6.45) is 0.785. The summed E-state index contributed by atoms with van der Waals surface area (Å²) in [5.41, 5.74) is 1.16. The van der Waals surface area contributed by atoms with E-state index in [1.54, 1.807) is 27.6 Å². The van der Waals surface area contributed by atoms with Crippen molar-refractivity contribution in [2.45, 2.75) is 12.5 Å². The van der Waals surface area contributed by atoms with Gasteiger partial charge in [0.05, 0.1) is 21.1 Å². The molecule has 4 heterocycles. The minimum absolute atomic E-state index is 0.0197. The van der Waals surface area contributed by atoms with E-state index in [0.29, 0.717) is 6.54 Å². The van der Waals surface area contributed by atoms with Gasteiger partial charge in [0.15, 0.2) is 0 Å². The predicted molar refractivity (Wildman–Crippen MR) is 109 cm³/mol. The van der Waals surface area contributed by atoms with Gasteiger partial charge in [-0.15, -0.1) is 22.7 Å². The van der Waals surface area contributed by atoms with Crippen molar-refractivity contribution in [3.8, 4) is 0 Å². The lowest BCUT2D eigenvalue weighted by molar-refractivity contribution is 0.0693. The molecule has 0 radical (unpaired) electrons. The number of rotatable bonds is 2. The van der Waals surface area contributed by atoms with E-state index in [1.165, 1.54) is 4.88 Å². The number of carbonyl (C=O) groups excluding carboxylic acids is 1. The van der Waals surface area contributed by atoms with E-state index >= 15 is 0 Å². The molecule has 0 aromatic carbocycles. The topological polar surface area (TPSA) is 33.2 Å². The second kappa shape index (κ2) is 7.30. The molecule has 0 N–H and O–H groups in total. The summed E-state index contributed by atoms with van der Waals surface area (Å²) in [5, 5.41) is 4.12. The van der Waals surface area contributed by atoms with Crippen LogP contribution in [0.25, 0.3) is 0 Å². The largest absolute Gasteiger partial charge is 0.325 e. The van der Waals surface area contributed by atoms with Crippen molar-refractivity contribution in [3.63, 3.8) is 0 Å². The van der Waals surface area contributed by atoms with Gasteiger partial charge in [-0.3, -0.25) is 4.79 Å². The third kappa shape index (κ3) is 3.05. The van der Waals surface area contributed by atoms with Gasteiger partial charge in [-0.25, -0.2) is 4.98 Å². The summed E-state index contributed by atoms with van der Waals surface area (Å²) >= 11 is 27.7. The highest BCUT2D eigenvalue weighted by Crippen LogP contribution is 2.42. The maximum atomic E-state index is 13.3. The van der Waals surface area contributed by atoms with Crippen LogP contribution in [0.3, 0.4) is 0 Å². The Morgan fingerprint density at radius 1 is 1.08 bits per heavy atom. The van der Waals surface area contributed by atoms with Crippen molar-refractivity contribution >= 4 is 75.0 Å². The van der Waals surface area contributed by atoms with Crippen molar-refractivity contribution in [3.05, 3.63) is 70.2 Å². The average molecular weight is 464 g/mol. The van der Waals surface area contributed by atoms with E-state index in [4.69, 9.17) is 46.4 Å². The van der Waals surface area contributed by atoms with Gasteiger partial charge < -0.3 is 4.90 Å². The van der Waals surface area contributed by atoms with Crippen molar-refractivity contribution in [1.82, 2.24) is 9.88 Å². The minimum atomic E-state index is -0.314. The first-order valence-electron chi connectivity index (χ1n) is 7.59. The zero-order chi connectivity index (χ0) is 18.4. The number of fused-ring (bicyclic) bond motifs is 1. The lowest BCUT2D eigenvalue weighted by Crippen LogP contribution is -2.40. The van der Waals surface area contributed by atoms with Gasteiger partial charge in [-0.2, -0.15) is 0 Å². The van der Waals surface area contributed by atoms with Gasteiger partial charge in [-0.1, -0.05) is 52.5 Å². The van der Waals surface area contributed by atoms with E-state index < -0.39 is 0 Å². The van der Waals surface area contributed by atoms with Crippen LogP contribution >= 0.6 is 69.1 Å². The number of hydrogen-bond acceptors (Lipinski definition) is 4. The molecule has 134 valence electrons. The molecule has 1 atom stereocenters. The van der Waals surface area contributed by atoms with Crippen LogP contribution in [0.15, 0.2) is 29.0 Å². The Morgan fingerprint density at radius 3 is 2.62 bits per heavy atom. The summed E-state index contributed by atoms with van der Waals surface area (Å²) in [5.74, 6) is -0.314. The zero-order valence-electron chi connectivity index (χ0n) is 13.0. The summed E-state index contributed by atoms with van der Waals surface area (Å²) < 4.78 is 0. The maximum absolute atomic E-state index is 13.3. The van der Waals surface area contributed by atoms with Crippen LogP contribution in [0.2, 0.25) is 20.2 Å². The van der Waals surface area contributed by atoms with Crippen LogP contribution in [0.4, 0.5) is 0 Å². The van der Waals surface area contributed by atoms with E-state index in [9.17, 15) is 4.79 Å². The molecule has 4 rings (SSSR count). The number of hydrogen-bond donors (Lipinski definition) is 0. The number of carbonyl (C=O) groups is 1. The van der Waals surface area contributed by atoms with Crippen LogP contribution in [-0.2, 0) is 6.42 Å². The Bertz CT molecular complexity index is 987. The van der Waals surface area contributed by atoms with Gasteiger partial charge in [-0.05, 0) is 34.9 Å². The Morgan fingerprint density at radius 2 is 1.88 bits per heavy atom. The van der Waals surface area contributed by atoms with Crippen LogP contribution in [0, 0.1) is 0 Å². The van der Waals surface area contributed by atoms with Crippen molar-refractivity contribution < 1.29 is 4.79 Å². The Kier molecular flexibility index (Phi) is 5.21. The van der Waals surface area contributed by atoms with Crippen LogP contribution in [-0.4, -0.2) is 22.3 Å². The molecule has 0 fully saturated rings. The monoisotopic (exact) mass is 462 g/mol. The second-order valence-electron chi connectivity index (χ2n) is 5.66. The normalized spacial score (nSPS) is 16.6. The zero-order valence-corrected chi connectivity index (χ0v) is 17.7. The second-order valence-corrected chi connectivity index (χ2v) is 9.13. The van der Waals surface area contributed by atoms with E-state index in [-0.39, 0.29) is 37.9 Å². The van der Waals surface area contributed by atoms with Gasteiger partial charge in [0.2, 0.25) is 0 Å². The van der Waals surface area contributed by atoms with Crippen LogP contribution in [0.1, 0.15) is 31.8 Å². The number of amides is 1. The first-order chi connectivity index (χ1) is 12.5. The van der Waals surface area contributed by atoms with Crippen LogP contribution in [0.5, 0.6) is 0 Å². The highest BCUT2D eigenvalue weighted by molar-refractivity contribution is 7.10. The molecule has 1 aliphatic heterocycles. The van der Waals surface area contributed by atoms with Gasteiger partial charge >= 0.3 is 0 Å². The molecule has 0 saturated carbocycles. The summed E-state index contributed by atoms with van der Waals surface area (Å²) in [6, 6.07) is 5.90. The molecule has 0 saturated heterocycles. The van der Waals surface area contributed by atoms with Gasteiger partial charge in [0.25, 0.3) is 5.91 Å². The maximum Gasteiger partial charge on any atom is 0.274 e. The number of nitrogens with zero attached hydrogens (tertiary/aromatic N) is 2. The molecule has 0 aliphatic carbocycles. The molecule has 0 spiro atoms. The number of halogens is 4. The fourth-order valence-corrected chi connectivity index (χ4v) is 5.62. The van der Waals surface area contributed by atoms with Crippen molar-refractivity contribution in [2.75, 3.05) is 6.54 Å². The molecule has 1 aliphatic rings. The average Bonchev–Trinajstić information content (AvgIpc) is 3.32. The molecule has 1 unspecified atom stereocenters. The SMILES string of the molecule is O=C(c1nc(Cl)c(Cl)c(Cl)c1Cl)N1CCc2sccc2C1c1cccs1. The Hall–Kier alpha value is -0.820. The number of aromatic nitrogens is 1. The molecule has 3 nitrogen and oxygen atoms in total. The standard InChI is InChI=1S/C17H10Cl4N2OS2/c18-11-12(19)14(22-16(21)13(11)20)17(24)23-5-3-9-8(4-7-26-9)15(23)10-2-1-6-25-10/h1-2,4,6-7,15H,3,5H2. The molecule has 9 heteroatoms. The quantitative estimate of drug-likeness (QED) is 0.400. The minimum Gasteiger partial charge on any atom is -0.325 e. The molecule has 26 heavy (non-hydrogen) atoms. The molecular formula is C17H10Cl4N2OS2. The molecule has 0 bridgehead atoms. The molecule has 3 aromatic rings. The van der Waals surface area contributed by atoms with Crippen LogP contribution < -0.4 is 0 Å². The molecule has 1 amide bonds. The van der Waals surface area contributed by atoms with Crippen molar-refractivity contribution in [1.29, 1.82) is 0 Å². The smallest absolute Gasteiger partial charge is 0.274 e. The highest BCUT2D eigenvalue weighted by Gasteiger charge is 2.36. The first kappa shape index (κ1) is 18.5. The summed E-state index contributed by atoms with van der Waals surface area (Å²) in [6.45, 7) is 0.560. The third-order valence-corrected chi connectivity index (χ3v) is 7.83. The first-order valence-corrected chi connectivity index (χ1v) is 10.9. The molecule has 3 aromatic heterocycles. The number of thiophene rings is 2. The Labute approximate surface area is 178 Å². The summed E-state index contributed by atoms with van der Waals surface area (Å²) in [7, 11) is 0. The van der Waals surface area contributed by atoms with E-state index in [0.717, 1.165) is 16.9 Å². The Balaban J connectivity index is 1.81. The van der Waals surface area contributed by atoms with Gasteiger partial charge in [0, 0.05) is 16.3 Å². The van der Waals surface area contributed by atoms with Gasteiger partial charge in [0.1, 0.15) is 10.8 Å². The lowest BCUT2D eigenvalue weighted by atomic mass is 9.98. The lowest BCUT2D eigenvalue weighted by Gasteiger charge is -2.35. The number of pyridine rings is 1. The van der Waals surface area contributed by atoms with Crippen molar-refractivity contribution in [2.24, 2.45) is 0 Å². The highest BCUT2D eigenvalue weighted by atomic mass is 35.5.